The van der Waals surface area contributed by atoms with Crippen LogP contribution in [0.25, 0.3) is 0 Å². The van der Waals surface area contributed by atoms with Crippen molar-refractivity contribution in [2.75, 3.05) is 51.2 Å². The Labute approximate surface area is 155 Å². The first kappa shape index (κ1) is 20.0. The molecule has 1 N–H and O–H groups in total. The third kappa shape index (κ3) is 5.36. The number of carbonyl (C=O) groups excluding carboxylic acids is 2. The fraction of sp³-hybridized carbons (Fsp3) is 0.579. The smallest absolute Gasteiger partial charge is 0.409 e. The Morgan fingerprint density at radius 1 is 1.04 bits per heavy atom. The molecule has 0 aromatic heterocycles. The Kier molecular flexibility index (Phi) is 7.72. The zero-order chi connectivity index (χ0) is 18.9. The highest BCUT2D eigenvalue weighted by Gasteiger charge is 2.25. The third-order valence-corrected chi connectivity index (χ3v) is 4.64. The van der Waals surface area contributed by atoms with Gasteiger partial charge in [-0.25, -0.2) is 9.59 Å². The van der Waals surface area contributed by atoms with Gasteiger partial charge in [0, 0.05) is 38.4 Å². The number of rotatable bonds is 6. The number of amides is 3. The summed E-state index contributed by atoms with van der Waals surface area (Å²) < 4.78 is 5.01. The minimum absolute atomic E-state index is 0.125. The Bertz CT molecular complexity index is 596. The molecular formula is C19H30N4O3. The van der Waals surface area contributed by atoms with Gasteiger partial charge in [0.2, 0.25) is 0 Å². The van der Waals surface area contributed by atoms with Crippen molar-refractivity contribution in [2.45, 2.75) is 27.3 Å². The fourth-order valence-electron chi connectivity index (χ4n) is 2.97. The Balaban J connectivity index is 1.93. The van der Waals surface area contributed by atoms with Crippen molar-refractivity contribution in [1.82, 2.24) is 14.7 Å². The largest absolute Gasteiger partial charge is 0.450 e. The Morgan fingerprint density at radius 2 is 1.65 bits per heavy atom. The highest BCUT2D eigenvalue weighted by molar-refractivity contribution is 5.90. The molecule has 0 aliphatic carbocycles. The highest BCUT2D eigenvalue weighted by Crippen LogP contribution is 2.18. The molecule has 0 bridgehead atoms. The van der Waals surface area contributed by atoms with Crippen molar-refractivity contribution in [3.63, 3.8) is 0 Å². The number of anilines is 1. The summed E-state index contributed by atoms with van der Waals surface area (Å²) >= 11 is 0. The van der Waals surface area contributed by atoms with Crippen LogP contribution >= 0.6 is 0 Å². The van der Waals surface area contributed by atoms with Crippen LogP contribution in [0.5, 0.6) is 0 Å². The van der Waals surface area contributed by atoms with Crippen molar-refractivity contribution in [2.24, 2.45) is 0 Å². The number of piperazine rings is 1. The lowest BCUT2D eigenvalue weighted by atomic mass is 10.1. The summed E-state index contributed by atoms with van der Waals surface area (Å²) in [5.41, 5.74) is 1.95. The maximum Gasteiger partial charge on any atom is 0.409 e. The summed E-state index contributed by atoms with van der Waals surface area (Å²) in [6.45, 7) is 11.2. The molecule has 1 saturated heterocycles. The number of nitrogens with zero attached hydrogens (tertiary/aromatic N) is 3. The van der Waals surface area contributed by atoms with Gasteiger partial charge in [0.1, 0.15) is 0 Å². The number of hydrogen-bond donors (Lipinski definition) is 1. The molecule has 0 saturated carbocycles. The minimum atomic E-state index is -0.308. The summed E-state index contributed by atoms with van der Waals surface area (Å²) in [5.74, 6) is 0. The minimum Gasteiger partial charge on any atom is -0.450 e. The molecule has 2 rings (SSSR count). The molecule has 1 aliphatic heterocycles. The van der Waals surface area contributed by atoms with E-state index in [9.17, 15) is 9.59 Å². The Hall–Kier alpha value is -2.28. The van der Waals surface area contributed by atoms with Crippen molar-refractivity contribution in [1.29, 1.82) is 0 Å². The standard InChI is InChI=1S/C19H30N4O3/c1-4-21(5-2)15-16-9-7-8-10-17(16)20-18(24)22-11-13-23(14-12-22)19(25)26-6-3/h7-10H,4-6,11-15H2,1-3H3,(H,20,24). The first-order valence-electron chi connectivity index (χ1n) is 9.36. The van der Waals surface area contributed by atoms with Crippen molar-refractivity contribution in [3.05, 3.63) is 29.8 Å². The van der Waals surface area contributed by atoms with Gasteiger partial charge in [-0.15, -0.1) is 0 Å². The quantitative estimate of drug-likeness (QED) is 0.845. The molecule has 0 atom stereocenters. The molecule has 0 radical (unpaired) electrons. The average molecular weight is 362 g/mol. The van der Waals surface area contributed by atoms with Crippen LogP contribution in [0.3, 0.4) is 0 Å². The molecule has 1 aliphatic rings. The normalized spacial score (nSPS) is 14.5. The number of nitrogens with one attached hydrogen (secondary N) is 1. The molecule has 3 amide bonds. The molecule has 26 heavy (non-hydrogen) atoms. The van der Waals surface area contributed by atoms with Gasteiger partial charge in [-0.1, -0.05) is 32.0 Å². The Morgan fingerprint density at radius 3 is 2.27 bits per heavy atom. The molecule has 0 spiro atoms. The zero-order valence-electron chi connectivity index (χ0n) is 16.0. The maximum absolute atomic E-state index is 12.6. The zero-order valence-corrected chi connectivity index (χ0v) is 16.0. The van der Waals surface area contributed by atoms with E-state index in [0.717, 1.165) is 30.9 Å². The molecule has 0 unspecified atom stereocenters. The first-order valence-corrected chi connectivity index (χ1v) is 9.36. The molecular weight excluding hydrogens is 332 g/mol. The first-order chi connectivity index (χ1) is 12.6. The van der Waals surface area contributed by atoms with E-state index in [4.69, 9.17) is 4.74 Å². The monoisotopic (exact) mass is 362 g/mol. The summed E-state index contributed by atoms with van der Waals surface area (Å²) in [6.07, 6.45) is -0.308. The van der Waals surface area contributed by atoms with Crippen LogP contribution in [0.2, 0.25) is 0 Å². The topological polar surface area (TPSA) is 65.1 Å². The number of hydrogen-bond acceptors (Lipinski definition) is 4. The second kappa shape index (κ2) is 10.0. The third-order valence-electron chi connectivity index (χ3n) is 4.64. The summed E-state index contributed by atoms with van der Waals surface area (Å²) in [6, 6.07) is 7.78. The molecule has 144 valence electrons. The van der Waals surface area contributed by atoms with E-state index in [1.807, 2.05) is 24.3 Å². The lowest BCUT2D eigenvalue weighted by Gasteiger charge is -2.34. The van der Waals surface area contributed by atoms with Crippen molar-refractivity contribution < 1.29 is 14.3 Å². The van der Waals surface area contributed by atoms with Gasteiger partial charge < -0.3 is 19.9 Å². The number of carbonyl (C=O) groups is 2. The average Bonchev–Trinajstić information content (AvgIpc) is 2.67. The van der Waals surface area contributed by atoms with Crippen LogP contribution < -0.4 is 5.32 Å². The second-order valence-corrected chi connectivity index (χ2v) is 6.22. The van der Waals surface area contributed by atoms with Crippen molar-refractivity contribution in [3.8, 4) is 0 Å². The van der Waals surface area contributed by atoms with Crippen LogP contribution in [0.4, 0.5) is 15.3 Å². The summed E-state index contributed by atoms with van der Waals surface area (Å²) in [5, 5.41) is 3.03. The van der Waals surface area contributed by atoms with Crippen molar-refractivity contribution >= 4 is 17.8 Å². The van der Waals surface area contributed by atoms with E-state index in [1.165, 1.54) is 0 Å². The second-order valence-electron chi connectivity index (χ2n) is 6.22. The SMILES string of the molecule is CCOC(=O)N1CCN(C(=O)Nc2ccccc2CN(CC)CC)CC1. The highest BCUT2D eigenvalue weighted by atomic mass is 16.6. The van der Waals surface area contributed by atoms with Crippen LogP contribution in [0.15, 0.2) is 24.3 Å². The fourth-order valence-corrected chi connectivity index (χ4v) is 2.97. The van der Waals surface area contributed by atoms with E-state index in [-0.39, 0.29) is 12.1 Å². The lowest BCUT2D eigenvalue weighted by Crippen LogP contribution is -2.51. The van der Waals surface area contributed by atoms with Gasteiger partial charge in [-0.05, 0) is 31.6 Å². The number of benzene rings is 1. The molecule has 1 aromatic rings. The number of ether oxygens (including phenoxy) is 1. The van der Waals surface area contributed by atoms with E-state index in [1.54, 1.807) is 16.7 Å². The van der Waals surface area contributed by atoms with Gasteiger partial charge in [0.15, 0.2) is 0 Å². The van der Waals surface area contributed by atoms with Crippen LogP contribution in [0.1, 0.15) is 26.3 Å². The van der Waals surface area contributed by atoms with Gasteiger partial charge in [-0.2, -0.15) is 0 Å². The summed E-state index contributed by atoms with van der Waals surface area (Å²) in [7, 11) is 0. The van der Waals surface area contributed by atoms with Gasteiger partial charge in [0.25, 0.3) is 0 Å². The van der Waals surface area contributed by atoms with E-state index in [2.05, 4.69) is 24.1 Å². The van der Waals surface area contributed by atoms with Gasteiger partial charge >= 0.3 is 12.1 Å². The molecule has 1 fully saturated rings. The van der Waals surface area contributed by atoms with Gasteiger partial charge in [-0.3, -0.25) is 4.90 Å². The number of para-hydroxylation sites is 1. The molecule has 7 heteroatoms. The van der Waals surface area contributed by atoms with E-state index in [0.29, 0.717) is 32.8 Å². The number of urea groups is 1. The van der Waals surface area contributed by atoms with Gasteiger partial charge in [0.05, 0.1) is 6.61 Å². The van der Waals surface area contributed by atoms with Crippen LogP contribution in [-0.4, -0.2) is 72.7 Å². The molecule has 7 nitrogen and oxygen atoms in total. The summed E-state index contributed by atoms with van der Waals surface area (Å²) in [4.78, 5) is 30.1. The van der Waals surface area contributed by atoms with Crippen LogP contribution in [0, 0.1) is 0 Å². The predicted octanol–water partition coefficient (Wildman–Crippen LogP) is 2.83. The van der Waals surface area contributed by atoms with E-state index < -0.39 is 0 Å². The molecule has 1 heterocycles. The van der Waals surface area contributed by atoms with Crippen LogP contribution in [-0.2, 0) is 11.3 Å². The lowest BCUT2D eigenvalue weighted by molar-refractivity contribution is 0.0868. The van der Waals surface area contributed by atoms with E-state index >= 15 is 0 Å². The maximum atomic E-state index is 12.6. The predicted molar refractivity (Wildman–Crippen MR) is 102 cm³/mol. The molecule has 1 aromatic carbocycles.